The van der Waals surface area contributed by atoms with Crippen molar-refractivity contribution in [2.45, 2.75) is 5.92 Å². The number of carbonyl (C=O) groups is 4. The van der Waals surface area contributed by atoms with Crippen LogP contribution >= 0.6 is 0 Å². The second kappa shape index (κ2) is 6.98. The first-order valence-corrected chi connectivity index (χ1v) is 8.88. The molecule has 0 radical (unpaired) electrons. The zero-order valence-electron chi connectivity index (χ0n) is 15.7. The van der Waals surface area contributed by atoms with E-state index in [0.29, 0.717) is 11.1 Å². The maximum Gasteiger partial charge on any atom is 0.324 e. The molecule has 0 atom stereocenters. The van der Waals surface area contributed by atoms with Crippen molar-refractivity contribution in [2.24, 2.45) is 0 Å². The minimum atomic E-state index is -1.34. The first kappa shape index (κ1) is 18.6. The third-order valence-corrected chi connectivity index (χ3v) is 5.12. The van der Waals surface area contributed by atoms with E-state index in [4.69, 9.17) is 9.47 Å². The Balaban J connectivity index is 1.87. The van der Waals surface area contributed by atoms with Gasteiger partial charge in [-0.05, 0) is 40.6 Å². The van der Waals surface area contributed by atoms with E-state index in [2.05, 4.69) is 0 Å². The second-order valence-corrected chi connectivity index (χ2v) is 6.69. The zero-order chi connectivity index (χ0) is 20.7. The third-order valence-electron chi connectivity index (χ3n) is 5.12. The van der Waals surface area contributed by atoms with Crippen LogP contribution in [0.15, 0.2) is 54.6 Å². The van der Waals surface area contributed by atoms with E-state index in [1.54, 1.807) is 12.1 Å². The molecule has 0 saturated heterocycles. The lowest BCUT2D eigenvalue weighted by Gasteiger charge is -2.20. The van der Waals surface area contributed by atoms with Crippen molar-refractivity contribution < 1.29 is 28.7 Å². The topological polar surface area (TPSA) is 86.7 Å². The number of carbonyl (C=O) groups excluding carboxylic acids is 4. The van der Waals surface area contributed by atoms with Crippen LogP contribution in [0.2, 0.25) is 0 Å². The summed E-state index contributed by atoms with van der Waals surface area (Å²) in [6.45, 7) is 0. The van der Waals surface area contributed by atoms with Gasteiger partial charge >= 0.3 is 11.9 Å². The van der Waals surface area contributed by atoms with Crippen LogP contribution in [-0.4, -0.2) is 37.7 Å². The van der Waals surface area contributed by atoms with Gasteiger partial charge in [-0.1, -0.05) is 30.3 Å². The van der Waals surface area contributed by atoms with Gasteiger partial charge in [0.05, 0.1) is 14.2 Å². The maximum atomic E-state index is 13.2. The number of esters is 2. The average Bonchev–Trinajstić information content (AvgIpc) is 2.76. The maximum absolute atomic E-state index is 13.2. The number of fused-ring (bicyclic) bond motifs is 3. The highest BCUT2D eigenvalue weighted by atomic mass is 16.5. The summed E-state index contributed by atoms with van der Waals surface area (Å²) in [5, 5.41) is 1.71. The van der Waals surface area contributed by atoms with Crippen LogP contribution in [0, 0.1) is 0 Å². The van der Waals surface area contributed by atoms with Crippen molar-refractivity contribution in [2.75, 3.05) is 14.2 Å². The summed E-state index contributed by atoms with van der Waals surface area (Å²) in [5.74, 6) is -3.57. The fourth-order valence-electron chi connectivity index (χ4n) is 3.64. The summed E-state index contributed by atoms with van der Waals surface area (Å²) < 4.78 is 9.39. The second-order valence-electron chi connectivity index (χ2n) is 6.69. The van der Waals surface area contributed by atoms with Crippen molar-refractivity contribution in [3.63, 3.8) is 0 Å². The molecular weight excluding hydrogens is 372 g/mol. The molecule has 4 rings (SSSR count). The number of benzene rings is 3. The molecule has 0 N–H and O–H groups in total. The lowest BCUT2D eigenvalue weighted by molar-refractivity contribution is -0.154. The number of hydrogen-bond donors (Lipinski definition) is 0. The molecule has 1 aliphatic rings. The van der Waals surface area contributed by atoms with Gasteiger partial charge in [0.25, 0.3) is 0 Å². The summed E-state index contributed by atoms with van der Waals surface area (Å²) in [5.41, 5.74) is 1.24. The SMILES string of the molecule is COC(=O)C(C(=O)OC)c1ccc2c(c1)C(=O)c1cc3ccccc3cc1C2=O. The first-order valence-electron chi connectivity index (χ1n) is 8.88. The van der Waals surface area contributed by atoms with Crippen molar-refractivity contribution in [3.05, 3.63) is 82.4 Å². The van der Waals surface area contributed by atoms with Crippen LogP contribution in [0.1, 0.15) is 43.3 Å². The van der Waals surface area contributed by atoms with Crippen molar-refractivity contribution >= 4 is 34.3 Å². The fraction of sp³-hybridized carbons (Fsp3) is 0.130. The van der Waals surface area contributed by atoms with Gasteiger partial charge in [-0.15, -0.1) is 0 Å². The van der Waals surface area contributed by atoms with Gasteiger partial charge in [-0.2, -0.15) is 0 Å². The van der Waals surface area contributed by atoms with E-state index in [-0.39, 0.29) is 28.3 Å². The van der Waals surface area contributed by atoms with Gasteiger partial charge in [0.1, 0.15) is 0 Å². The molecule has 0 amide bonds. The highest BCUT2D eigenvalue weighted by Gasteiger charge is 2.35. The van der Waals surface area contributed by atoms with E-state index in [1.165, 1.54) is 18.2 Å². The Morgan fingerprint density at radius 3 is 1.69 bits per heavy atom. The third kappa shape index (κ3) is 2.89. The Kier molecular flexibility index (Phi) is 4.47. The van der Waals surface area contributed by atoms with Gasteiger partial charge in [-0.25, -0.2) is 0 Å². The molecule has 0 heterocycles. The summed E-state index contributed by atoms with van der Waals surface area (Å²) in [6, 6.07) is 15.2. The molecule has 6 heteroatoms. The molecule has 1 aliphatic carbocycles. The zero-order valence-corrected chi connectivity index (χ0v) is 15.7. The Hall–Kier alpha value is -3.80. The molecule has 6 nitrogen and oxygen atoms in total. The molecule has 0 aromatic heterocycles. The van der Waals surface area contributed by atoms with Gasteiger partial charge in [0, 0.05) is 22.3 Å². The molecule has 144 valence electrons. The van der Waals surface area contributed by atoms with Crippen molar-refractivity contribution in [1.82, 2.24) is 0 Å². The van der Waals surface area contributed by atoms with Crippen LogP contribution in [0.4, 0.5) is 0 Å². The lowest BCUT2D eigenvalue weighted by Crippen LogP contribution is -2.26. The molecule has 0 unspecified atom stereocenters. The van der Waals surface area contributed by atoms with Crippen molar-refractivity contribution in [3.8, 4) is 0 Å². The largest absolute Gasteiger partial charge is 0.468 e. The molecule has 0 spiro atoms. The summed E-state index contributed by atoms with van der Waals surface area (Å²) >= 11 is 0. The predicted octanol–water partition coefficient (Wildman–Crippen LogP) is 3.04. The molecular formula is C23H16O6. The highest BCUT2D eigenvalue weighted by molar-refractivity contribution is 6.29. The molecule has 0 bridgehead atoms. The van der Waals surface area contributed by atoms with Gasteiger partial charge in [0.2, 0.25) is 0 Å². The molecule has 0 saturated carbocycles. The van der Waals surface area contributed by atoms with Gasteiger partial charge in [0.15, 0.2) is 17.5 Å². The van der Waals surface area contributed by atoms with Crippen molar-refractivity contribution in [1.29, 1.82) is 0 Å². The molecule has 3 aromatic carbocycles. The minimum Gasteiger partial charge on any atom is -0.468 e. The van der Waals surface area contributed by atoms with Crippen LogP contribution in [0.5, 0.6) is 0 Å². The molecule has 0 fully saturated rings. The van der Waals surface area contributed by atoms with Crippen LogP contribution < -0.4 is 0 Å². The minimum absolute atomic E-state index is 0.146. The fourth-order valence-corrected chi connectivity index (χ4v) is 3.64. The Morgan fingerprint density at radius 2 is 1.17 bits per heavy atom. The van der Waals surface area contributed by atoms with E-state index in [1.807, 2.05) is 24.3 Å². The normalized spacial score (nSPS) is 12.5. The van der Waals surface area contributed by atoms with Crippen LogP contribution in [0.3, 0.4) is 0 Å². The summed E-state index contributed by atoms with van der Waals surface area (Å²) in [7, 11) is 2.32. The van der Waals surface area contributed by atoms with Crippen LogP contribution in [-0.2, 0) is 19.1 Å². The van der Waals surface area contributed by atoms with E-state index < -0.39 is 17.9 Å². The number of ether oxygens (including phenoxy) is 2. The standard InChI is InChI=1S/C23H16O6/c1-28-22(26)19(23(27)29-2)14-7-8-15-16(11-14)21(25)18-10-13-6-4-3-5-12(13)9-17(18)20(15)24/h3-11,19H,1-2H3. The number of ketones is 2. The Morgan fingerprint density at radius 1 is 0.690 bits per heavy atom. The number of hydrogen-bond acceptors (Lipinski definition) is 6. The summed E-state index contributed by atoms with van der Waals surface area (Å²) in [4.78, 5) is 50.4. The van der Waals surface area contributed by atoms with Crippen LogP contribution in [0.25, 0.3) is 10.8 Å². The van der Waals surface area contributed by atoms with Gasteiger partial charge in [-0.3, -0.25) is 19.2 Å². The van der Waals surface area contributed by atoms with E-state index >= 15 is 0 Å². The number of rotatable bonds is 3. The number of methoxy groups -OCH3 is 2. The molecule has 0 aliphatic heterocycles. The average molecular weight is 388 g/mol. The van der Waals surface area contributed by atoms with Gasteiger partial charge < -0.3 is 9.47 Å². The Labute approximate surface area is 166 Å². The molecule has 29 heavy (non-hydrogen) atoms. The smallest absolute Gasteiger partial charge is 0.324 e. The van der Waals surface area contributed by atoms with E-state index in [0.717, 1.165) is 25.0 Å². The monoisotopic (exact) mass is 388 g/mol. The molecule has 3 aromatic rings. The predicted molar refractivity (Wildman–Crippen MR) is 104 cm³/mol. The quantitative estimate of drug-likeness (QED) is 0.396. The first-order chi connectivity index (χ1) is 14.0. The Bertz CT molecular complexity index is 1190. The highest BCUT2D eigenvalue weighted by Crippen LogP contribution is 2.32. The van der Waals surface area contributed by atoms with E-state index in [9.17, 15) is 19.2 Å². The summed E-state index contributed by atoms with van der Waals surface area (Å²) in [6.07, 6.45) is 0. The lowest BCUT2D eigenvalue weighted by atomic mass is 9.81.